The number of benzene rings is 2. The summed E-state index contributed by atoms with van der Waals surface area (Å²) < 4.78 is 18.1. The summed E-state index contributed by atoms with van der Waals surface area (Å²) in [6.07, 6.45) is -0.00174. The van der Waals surface area contributed by atoms with Gasteiger partial charge in [-0.25, -0.2) is 4.39 Å². The van der Waals surface area contributed by atoms with Crippen molar-refractivity contribution in [3.05, 3.63) is 66.0 Å². The molecule has 2 atom stereocenters. The maximum absolute atomic E-state index is 13.0. The van der Waals surface area contributed by atoms with Crippen molar-refractivity contribution in [2.75, 3.05) is 18.1 Å². The molecule has 1 heterocycles. The number of hydrogen-bond acceptors (Lipinski definition) is 4. The van der Waals surface area contributed by atoms with Crippen molar-refractivity contribution in [2.45, 2.75) is 19.4 Å². The van der Waals surface area contributed by atoms with E-state index in [1.54, 1.807) is 0 Å². The van der Waals surface area contributed by atoms with E-state index in [0.717, 1.165) is 5.56 Å². The van der Waals surface area contributed by atoms with E-state index in [4.69, 9.17) is 4.74 Å². The molecule has 2 aromatic carbocycles. The van der Waals surface area contributed by atoms with Gasteiger partial charge < -0.3 is 15.0 Å². The van der Waals surface area contributed by atoms with Crippen LogP contribution in [0.5, 0.6) is 0 Å². The molecule has 7 heteroatoms. The Hall–Kier alpha value is -3.22. The summed E-state index contributed by atoms with van der Waals surface area (Å²) in [4.78, 5) is 37.8. The topological polar surface area (TPSA) is 75.7 Å². The number of carbonyl (C=O) groups is 3. The van der Waals surface area contributed by atoms with Gasteiger partial charge in [-0.05, 0) is 36.8 Å². The lowest BCUT2D eigenvalue weighted by Crippen LogP contribution is -2.32. The molecule has 0 aromatic heterocycles. The first-order valence-corrected chi connectivity index (χ1v) is 9.01. The molecule has 0 saturated carbocycles. The molecule has 1 aliphatic rings. The molecule has 0 unspecified atom stereocenters. The summed E-state index contributed by atoms with van der Waals surface area (Å²) >= 11 is 0. The van der Waals surface area contributed by atoms with E-state index < -0.39 is 30.2 Å². The van der Waals surface area contributed by atoms with Gasteiger partial charge in [0.25, 0.3) is 5.91 Å². The molecule has 1 fully saturated rings. The Bertz CT molecular complexity index is 854. The van der Waals surface area contributed by atoms with Gasteiger partial charge in [-0.3, -0.25) is 14.4 Å². The zero-order valence-electron chi connectivity index (χ0n) is 15.4. The molecule has 2 aromatic rings. The number of esters is 1. The number of amides is 2. The Balaban J connectivity index is 1.49. The molecular formula is C21H21FN2O4. The standard InChI is InChI=1S/C21H21FN2O4/c1-14(15-5-3-2-4-6-15)23-19(25)13-28-21(27)16-11-20(26)24(12-16)18-9-7-17(22)8-10-18/h2-10,14,16H,11-13H2,1H3,(H,23,25)/t14-,16-/m1/s1. The second-order valence-electron chi connectivity index (χ2n) is 6.69. The molecule has 28 heavy (non-hydrogen) atoms. The van der Waals surface area contributed by atoms with Crippen LogP contribution in [0.4, 0.5) is 10.1 Å². The normalized spacial score (nSPS) is 17.3. The summed E-state index contributed by atoms with van der Waals surface area (Å²) in [7, 11) is 0. The molecule has 146 valence electrons. The highest BCUT2D eigenvalue weighted by Gasteiger charge is 2.36. The van der Waals surface area contributed by atoms with E-state index in [-0.39, 0.29) is 24.9 Å². The predicted octanol–water partition coefficient (Wildman–Crippen LogP) is 2.60. The SMILES string of the molecule is C[C@@H](NC(=O)COC(=O)[C@@H]1CC(=O)N(c2ccc(F)cc2)C1)c1ccccc1. The number of nitrogens with one attached hydrogen (secondary N) is 1. The zero-order valence-corrected chi connectivity index (χ0v) is 15.4. The van der Waals surface area contributed by atoms with Crippen LogP contribution >= 0.6 is 0 Å². The molecule has 1 N–H and O–H groups in total. The average Bonchev–Trinajstić information content (AvgIpc) is 3.09. The van der Waals surface area contributed by atoms with Crippen LogP contribution in [0, 0.1) is 11.7 Å². The Labute approximate surface area is 162 Å². The number of hydrogen-bond donors (Lipinski definition) is 1. The molecular weight excluding hydrogens is 363 g/mol. The van der Waals surface area contributed by atoms with Crippen LogP contribution in [-0.4, -0.2) is 30.9 Å². The van der Waals surface area contributed by atoms with E-state index in [0.29, 0.717) is 5.69 Å². The van der Waals surface area contributed by atoms with Gasteiger partial charge in [-0.2, -0.15) is 0 Å². The predicted molar refractivity (Wildman–Crippen MR) is 101 cm³/mol. The monoisotopic (exact) mass is 384 g/mol. The van der Waals surface area contributed by atoms with Crippen molar-refractivity contribution in [2.24, 2.45) is 5.92 Å². The average molecular weight is 384 g/mol. The van der Waals surface area contributed by atoms with E-state index in [1.165, 1.54) is 29.2 Å². The van der Waals surface area contributed by atoms with Crippen LogP contribution in [0.2, 0.25) is 0 Å². The van der Waals surface area contributed by atoms with Gasteiger partial charge >= 0.3 is 5.97 Å². The zero-order chi connectivity index (χ0) is 20.1. The van der Waals surface area contributed by atoms with Crippen LogP contribution in [0.3, 0.4) is 0 Å². The summed E-state index contributed by atoms with van der Waals surface area (Å²) in [5.74, 6) is -2.31. The Morgan fingerprint density at radius 1 is 1.18 bits per heavy atom. The molecule has 3 rings (SSSR count). The highest BCUT2D eigenvalue weighted by molar-refractivity contribution is 5.99. The van der Waals surface area contributed by atoms with Gasteiger partial charge in [0.15, 0.2) is 6.61 Å². The lowest BCUT2D eigenvalue weighted by atomic mass is 10.1. The van der Waals surface area contributed by atoms with Gasteiger partial charge in [0.2, 0.25) is 5.91 Å². The third-order valence-corrected chi connectivity index (χ3v) is 4.62. The lowest BCUT2D eigenvalue weighted by Gasteiger charge is -2.17. The minimum absolute atomic E-state index is 0.00174. The van der Waals surface area contributed by atoms with E-state index >= 15 is 0 Å². The van der Waals surface area contributed by atoms with Crippen LogP contribution in [0.1, 0.15) is 24.9 Å². The number of rotatable bonds is 6. The van der Waals surface area contributed by atoms with Crippen molar-refractivity contribution >= 4 is 23.5 Å². The third kappa shape index (κ3) is 4.73. The molecule has 0 radical (unpaired) electrons. The van der Waals surface area contributed by atoms with Gasteiger partial charge in [0.05, 0.1) is 12.0 Å². The maximum Gasteiger partial charge on any atom is 0.311 e. The van der Waals surface area contributed by atoms with Gasteiger partial charge in [-0.15, -0.1) is 0 Å². The largest absolute Gasteiger partial charge is 0.455 e. The van der Waals surface area contributed by atoms with Crippen LogP contribution < -0.4 is 10.2 Å². The number of nitrogens with zero attached hydrogens (tertiary/aromatic N) is 1. The van der Waals surface area contributed by atoms with Crippen molar-refractivity contribution in [1.82, 2.24) is 5.32 Å². The summed E-state index contributed by atoms with van der Waals surface area (Å²) in [5.41, 5.74) is 1.47. The van der Waals surface area contributed by atoms with Gasteiger partial charge in [0.1, 0.15) is 5.82 Å². The van der Waals surface area contributed by atoms with Crippen molar-refractivity contribution in [3.63, 3.8) is 0 Å². The van der Waals surface area contributed by atoms with Crippen LogP contribution in [0.25, 0.3) is 0 Å². The van der Waals surface area contributed by atoms with Crippen LogP contribution in [0.15, 0.2) is 54.6 Å². The molecule has 0 aliphatic carbocycles. The third-order valence-electron chi connectivity index (χ3n) is 4.62. The summed E-state index contributed by atoms with van der Waals surface area (Å²) in [5, 5.41) is 2.76. The van der Waals surface area contributed by atoms with Crippen molar-refractivity contribution in [3.8, 4) is 0 Å². The van der Waals surface area contributed by atoms with Crippen molar-refractivity contribution in [1.29, 1.82) is 0 Å². The fourth-order valence-corrected chi connectivity index (χ4v) is 3.10. The lowest BCUT2D eigenvalue weighted by molar-refractivity contribution is -0.152. The second-order valence-corrected chi connectivity index (χ2v) is 6.69. The van der Waals surface area contributed by atoms with E-state index in [2.05, 4.69) is 5.32 Å². The Morgan fingerprint density at radius 3 is 2.54 bits per heavy atom. The molecule has 0 bridgehead atoms. The quantitative estimate of drug-likeness (QED) is 0.777. The van der Waals surface area contributed by atoms with E-state index in [1.807, 2.05) is 37.3 Å². The van der Waals surface area contributed by atoms with Gasteiger partial charge in [-0.1, -0.05) is 30.3 Å². The molecule has 1 saturated heterocycles. The number of ether oxygens (including phenoxy) is 1. The number of anilines is 1. The van der Waals surface area contributed by atoms with E-state index in [9.17, 15) is 18.8 Å². The highest BCUT2D eigenvalue weighted by Crippen LogP contribution is 2.26. The van der Waals surface area contributed by atoms with Gasteiger partial charge in [0, 0.05) is 18.7 Å². The first kappa shape index (κ1) is 19.5. The minimum Gasteiger partial charge on any atom is -0.455 e. The molecule has 0 spiro atoms. The number of halogens is 1. The summed E-state index contributed by atoms with van der Waals surface area (Å²) in [6, 6.07) is 14.7. The first-order chi connectivity index (χ1) is 13.4. The highest BCUT2D eigenvalue weighted by atomic mass is 19.1. The fraction of sp³-hybridized carbons (Fsp3) is 0.286. The minimum atomic E-state index is -0.656. The molecule has 1 aliphatic heterocycles. The molecule has 2 amide bonds. The summed E-state index contributed by atoms with van der Waals surface area (Å²) in [6.45, 7) is 1.58. The number of carbonyl (C=O) groups excluding carboxylic acids is 3. The Kier molecular flexibility index (Phi) is 6.03. The fourth-order valence-electron chi connectivity index (χ4n) is 3.10. The maximum atomic E-state index is 13.0. The Morgan fingerprint density at radius 2 is 1.86 bits per heavy atom. The van der Waals surface area contributed by atoms with Crippen LogP contribution in [-0.2, 0) is 19.1 Å². The first-order valence-electron chi connectivity index (χ1n) is 9.01. The smallest absolute Gasteiger partial charge is 0.311 e. The molecule has 6 nitrogen and oxygen atoms in total. The second kappa shape index (κ2) is 8.65. The van der Waals surface area contributed by atoms with Crippen molar-refractivity contribution < 1.29 is 23.5 Å².